The largest absolute Gasteiger partial charge is 0.348 e. The summed E-state index contributed by atoms with van der Waals surface area (Å²) in [6.45, 7) is 6.50. The number of hydrogen-bond acceptors (Lipinski definition) is 3. The fourth-order valence-electron chi connectivity index (χ4n) is 2.94. The summed E-state index contributed by atoms with van der Waals surface area (Å²) in [5.41, 5.74) is 7.14. The lowest BCUT2D eigenvalue weighted by molar-refractivity contribution is -0.126. The molecule has 0 saturated carbocycles. The molecule has 3 N–H and O–H groups in total. The first kappa shape index (κ1) is 17.5. The van der Waals surface area contributed by atoms with Crippen LogP contribution < -0.4 is 16.0 Å². The number of benzene rings is 1. The van der Waals surface area contributed by atoms with E-state index in [1.807, 2.05) is 43.0 Å². The van der Waals surface area contributed by atoms with Crippen LogP contribution in [0.1, 0.15) is 58.1 Å². The SMILES string of the molecule is CCCC(C)(N)C(=O)NC(C)c1ccc(N2CCCC2=O)cc1. The molecule has 1 aromatic carbocycles. The second-order valence-corrected chi connectivity index (χ2v) is 6.60. The van der Waals surface area contributed by atoms with Crippen LogP contribution in [0.25, 0.3) is 0 Å². The fourth-order valence-corrected chi connectivity index (χ4v) is 2.94. The van der Waals surface area contributed by atoms with Gasteiger partial charge in [0, 0.05) is 18.7 Å². The van der Waals surface area contributed by atoms with E-state index in [2.05, 4.69) is 5.32 Å². The molecule has 126 valence electrons. The van der Waals surface area contributed by atoms with Gasteiger partial charge in [0.15, 0.2) is 0 Å². The lowest BCUT2D eigenvalue weighted by Gasteiger charge is -2.26. The van der Waals surface area contributed by atoms with Gasteiger partial charge in [0.1, 0.15) is 0 Å². The molecular formula is C18H27N3O2. The lowest BCUT2D eigenvalue weighted by atomic mass is 9.95. The van der Waals surface area contributed by atoms with Crippen molar-refractivity contribution >= 4 is 17.5 Å². The quantitative estimate of drug-likeness (QED) is 0.846. The van der Waals surface area contributed by atoms with Crippen molar-refractivity contribution in [1.82, 2.24) is 5.32 Å². The van der Waals surface area contributed by atoms with Crippen molar-refractivity contribution in [2.24, 2.45) is 5.73 Å². The minimum atomic E-state index is -0.842. The predicted octanol–water partition coefficient (Wildman–Crippen LogP) is 2.51. The van der Waals surface area contributed by atoms with Crippen LogP contribution in [-0.2, 0) is 9.59 Å². The Kier molecular flexibility index (Phi) is 5.42. The highest BCUT2D eigenvalue weighted by atomic mass is 16.2. The highest BCUT2D eigenvalue weighted by Gasteiger charge is 2.28. The molecule has 23 heavy (non-hydrogen) atoms. The van der Waals surface area contributed by atoms with E-state index in [4.69, 9.17) is 5.73 Å². The van der Waals surface area contributed by atoms with Crippen LogP contribution in [-0.4, -0.2) is 23.9 Å². The van der Waals surface area contributed by atoms with Crippen LogP contribution in [0, 0.1) is 0 Å². The predicted molar refractivity (Wildman–Crippen MR) is 92.1 cm³/mol. The van der Waals surface area contributed by atoms with Crippen molar-refractivity contribution < 1.29 is 9.59 Å². The standard InChI is InChI=1S/C18H27N3O2/c1-4-11-18(3,19)17(23)20-13(2)14-7-9-15(10-8-14)21-12-5-6-16(21)22/h7-10,13H,4-6,11-12,19H2,1-3H3,(H,20,23). The molecule has 2 rings (SSSR count). The summed E-state index contributed by atoms with van der Waals surface area (Å²) in [4.78, 5) is 25.8. The molecule has 2 amide bonds. The summed E-state index contributed by atoms with van der Waals surface area (Å²) in [6.07, 6.45) is 3.06. The van der Waals surface area contributed by atoms with Crippen LogP contribution >= 0.6 is 0 Å². The summed E-state index contributed by atoms with van der Waals surface area (Å²) in [7, 11) is 0. The number of nitrogens with one attached hydrogen (secondary N) is 1. The minimum absolute atomic E-state index is 0.120. The molecule has 0 aliphatic carbocycles. The van der Waals surface area contributed by atoms with Gasteiger partial charge in [-0.25, -0.2) is 0 Å². The first-order valence-electron chi connectivity index (χ1n) is 8.35. The van der Waals surface area contributed by atoms with E-state index < -0.39 is 5.54 Å². The summed E-state index contributed by atoms with van der Waals surface area (Å²) in [5, 5.41) is 2.97. The maximum absolute atomic E-state index is 12.3. The third-order valence-corrected chi connectivity index (χ3v) is 4.41. The van der Waals surface area contributed by atoms with Crippen LogP contribution in [0.3, 0.4) is 0 Å². The molecule has 0 bridgehead atoms. The van der Waals surface area contributed by atoms with E-state index in [1.165, 1.54) is 0 Å². The number of nitrogens with two attached hydrogens (primary N) is 1. The Bertz CT molecular complexity index is 566. The highest BCUT2D eigenvalue weighted by molar-refractivity contribution is 5.95. The maximum Gasteiger partial charge on any atom is 0.240 e. The second kappa shape index (κ2) is 7.13. The molecule has 5 heteroatoms. The lowest BCUT2D eigenvalue weighted by Crippen LogP contribution is -2.52. The summed E-state index contributed by atoms with van der Waals surface area (Å²) in [6, 6.07) is 7.67. The van der Waals surface area contributed by atoms with Gasteiger partial charge in [-0.1, -0.05) is 25.5 Å². The third-order valence-electron chi connectivity index (χ3n) is 4.41. The van der Waals surface area contributed by atoms with Gasteiger partial charge in [-0.2, -0.15) is 0 Å². The fraction of sp³-hybridized carbons (Fsp3) is 0.556. The van der Waals surface area contributed by atoms with E-state index in [9.17, 15) is 9.59 Å². The molecule has 1 aliphatic rings. The number of carbonyl (C=O) groups is 2. The van der Waals surface area contributed by atoms with Crippen LogP contribution in [0.2, 0.25) is 0 Å². The van der Waals surface area contributed by atoms with E-state index in [0.717, 1.165) is 30.6 Å². The molecule has 0 aromatic heterocycles. The first-order chi connectivity index (χ1) is 10.8. The van der Waals surface area contributed by atoms with Gasteiger partial charge in [-0.3, -0.25) is 9.59 Å². The van der Waals surface area contributed by atoms with Crippen molar-refractivity contribution in [3.63, 3.8) is 0 Å². The van der Waals surface area contributed by atoms with Gasteiger partial charge < -0.3 is 16.0 Å². The zero-order valence-electron chi connectivity index (χ0n) is 14.3. The zero-order valence-corrected chi connectivity index (χ0v) is 14.3. The number of nitrogens with zero attached hydrogens (tertiary/aromatic N) is 1. The van der Waals surface area contributed by atoms with Crippen molar-refractivity contribution in [2.45, 2.75) is 58.0 Å². The van der Waals surface area contributed by atoms with Gasteiger partial charge in [0.25, 0.3) is 0 Å². The number of rotatable bonds is 6. The molecule has 0 radical (unpaired) electrons. The molecule has 2 unspecified atom stereocenters. The molecule has 1 fully saturated rings. The molecule has 2 atom stereocenters. The molecule has 1 heterocycles. The molecule has 1 saturated heterocycles. The molecule has 0 spiro atoms. The summed E-state index contributed by atoms with van der Waals surface area (Å²) in [5.74, 6) is 0.0446. The smallest absolute Gasteiger partial charge is 0.240 e. The van der Waals surface area contributed by atoms with E-state index >= 15 is 0 Å². The average Bonchev–Trinajstić information content (AvgIpc) is 2.93. The van der Waals surface area contributed by atoms with Gasteiger partial charge in [0.2, 0.25) is 11.8 Å². The average molecular weight is 317 g/mol. The summed E-state index contributed by atoms with van der Waals surface area (Å²) < 4.78 is 0. The Morgan fingerprint density at radius 2 is 2.04 bits per heavy atom. The highest BCUT2D eigenvalue weighted by Crippen LogP contribution is 2.24. The van der Waals surface area contributed by atoms with Crippen LogP contribution in [0.15, 0.2) is 24.3 Å². The Hall–Kier alpha value is -1.88. The number of hydrogen-bond donors (Lipinski definition) is 2. The number of carbonyl (C=O) groups excluding carboxylic acids is 2. The van der Waals surface area contributed by atoms with Crippen LogP contribution in [0.5, 0.6) is 0 Å². The van der Waals surface area contributed by atoms with Gasteiger partial charge in [-0.15, -0.1) is 0 Å². The minimum Gasteiger partial charge on any atom is -0.348 e. The van der Waals surface area contributed by atoms with E-state index in [1.54, 1.807) is 6.92 Å². The molecular weight excluding hydrogens is 290 g/mol. The summed E-state index contributed by atoms with van der Waals surface area (Å²) >= 11 is 0. The van der Waals surface area contributed by atoms with Crippen molar-refractivity contribution in [2.75, 3.05) is 11.4 Å². The van der Waals surface area contributed by atoms with Gasteiger partial charge in [0.05, 0.1) is 11.6 Å². The zero-order chi connectivity index (χ0) is 17.0. The molecule has 1 aromatic rings. The Morgan fingerprint density at radius 3 is 2.57 bits per heavy atom. The van der Waals surface area contributed by atoms with E-state index in [-0.39, 0.29) is 17.9 Å². The Labute approximate surface area is 138 Å². The topological polar surface area (TPSA) is 75.4 Å². The van der Waals surface area contributed by atoms with Crippen molar-refractivity contribution in [3.8, 4) is 0 Å². The third kappa shape index (κ3) is 4.10. The molecule has 5 nitrogen and oxygen atoms in total. The Balaban J connectivity index is 2.01. The van der Waals surface area contributed by atoms with Crippen molar-refractivity contribution in [3.05, 3.63) is 29.8 Å². The molecule has 1 aliphatic heterocycles. The normalized spacial score (nSPS) is 18.6. The second-order valence-electron chi connectivity index (χ2n) is 6.60. The van der Waals surface area contributed by atoms with Crippen LogP contribution in [0.4, 0.5) is 5.69 Å². The van der Waals surface area contributed by atoms with E-state index in [0.29, 0.717) is 12.8 Å². The van der Waals surface area contributed by atoms with Crippen molar-refractivity contribution in [1.29, 1.82) is 0 Å². The Morgan fingerprint density at radius 1 is 1.39 bits per heavy atom. The number of amides is 2. The maximum atomic E-state index is 12.3. The first-order valence-corrected chi connectivity index (χ1v) is 8.35. The van der Waals surface area contributed by atoms with Gasteiger partial charge >= 0.3 is 0 Å². The van der Waals surface area contributed by atoms with Gasteiger partial charge in [-0.05, 0) is 44.4 Å². The monoisotopic (exact) mass is 317 g/mol. The number of anilines is 1.